The lowest BCUT2D eigenvalue weighted by molar-refractivity contribution is -0.129. The van der Waals surface area contributed by atoms with Crippen LogP contribution in [0.25, 0.3) is 6.08 Å². The van der Waals surface area contributed by atoms with E-state index in [1.54, 1.807) is 30.3 Å². The molecule has 1 aliphatic rings. The Kier molecular flexibility index (Phi) is 3.96. The average Bonchev–Trinajstić information content (AvgIpc) is 2.84. The molecule has 3 nitrogen and oxygen atoms in total. The van der Waals surface area contributed by atoms with Crippen molar-refractivity contribution in [3.8, 4) is 0 Å². The predicted molar refractivity (Wildman–Crippen MR) is 83.5 cm³/mol. The van der Waals surface area contributed by atoms with E-state index in [1.165, 1.54) is 18.2 Å². The summed E-state index contributed by atoms with van der Waals surface area (Å²) in [4.78, 5) is 15.9. The van der Waals surface area contributed by atoms with E-state index in [9.17, 15) is 9.18 Å². The quantitative estimate of drug-likeness (QED) is 0.599. The summed E-state index contributed by atoms with van der Waals surface area (Å²) in [5, 5.41) is 0.772. The normalized spacial score (nSPS) is 15.9. The minimum atomic E-state index is -0.649. The van der Waals surface area contributed by atoms with Gasteiger partial charge in [0.05, 0.1) is 15.6 Å². The number of cyclic esters (lactones) is 1. The molecular weight excluding hydrogens is 328 g/mol. The third-order valence-electron chi connectivity index (χ3n) is 2.97. The molecule has 0 amide bonds. The zero-order valence-corrected chi connectivity index (χ0v) is 12.5. The summed E-state index contributed by atoms with van der Waals surface area (Å²) >= 11 is 11.8. The molecule has 0 spiro atoms. The van der Waals surface area contributed by atoms with E-state index in [1.807, 2.05) is 0 Å². The minimum Gasteiger partial charge on any atom is -0.402 e. The van der Waals surface area contributed by atoms with Crippen molar-refractivity contribution in [2.45, 2.75) is 0 Å². The molecule has 1 aliphatic heterocycles. The highest BCUT2D eigenvalue weighted by Crippen LogP contribution is 2.25. The summed E-state index contributed by atoms with van der Waals surface area (Å²) in [5.41, 5.74) is 0.838. The van der Waals surface area contributed by atoms with Crippen molar-refractivity contribution in [2.75, 3.05) is 0 Å². The van der Waals surface area contributed by atoms with E-state index >= 15 is 0 Å². The summed E-state index contributed by atoms with van der Waals surface area (Å²) in [6.07, 6.45) is 1.50. The highest BCUT2D eigenvalue weighted by atomic mass is 35.5. The summed E-state index contributed by atoms with van der Waals surface area (Å²) in [6.45, 7) is 0. The molecule has 0 atom stereocenters. The summed E-state index contributed by atoms with van der Waals surface area (Å²) in [7, 11) is 0. The SMILES string of the molecule is O=C1OC(c2ccccc2F)=N/C1=C\c1ccc(Cl)c(Cl)c1. The maximum atomic E-state index is 13.7. The zero-order chi connectivity index (χ0) is 15.7. The number of ether oxygens (including phenoxy) is 1. The number of benzene rings is 2. The molecule has 3 rings (SSSR count). The van der Waals surface area contributed by atoms with Gasteiger partial charge in [0.1, 0.15) is 5.82 Å². The fourth-order valence-corrected chi connectivity index (χ4v) is 2.23. The Morgan fingerprint density at radius 3 is 2.59 bits per heavy atom. The molecule has 0 saturated heterocycles. The lowest BCUT2D eigenvalue weighted by atomic mass is 10.2. The number of hydrogen-bond acceptors (Lipinski definition) is 3. The van der Waals surface area contributed by atoms with E-state index in [-0.39, 0.29) is 17.2 Å². The Hall–Kier alpha value is -2.17. The summed E-state index contributed by atoms with van der Waals surface area (Å²) < 4.78 is 18.7. The Bertz CT molecular complexity index is 831. The van der Waals surface area contributed by atoms with Gasteiger partial charge in [-0.1, -0.05) is 41.4 Å². The van der Waals surface area contributed by atoms with E-state index in [0.29, 0.717) is 15.6 Å². The third-order valence-corrected chi connectivity index (χ3v) is 3.71. The first kappa shape index (κ1) is 14.8. The van der Waals surface area contributed by atoms with Crippen molar-refractivity contribution in [1.82, 2.24) is 0 Å². The molecule has 0 aromatic heterocycles. The fraction of sp³-hybridized carbons (Fsp3) is 0. The van der Waals surface area contributed by atoms with E-state index in [4.69, 9.17) is 27.9 Å². The van der Waals surface area contributed by atoms with Gasteiger partial charge in [0.25, 0.3) is 0 Å². The van der Waals surface area contributed by atoms with Gasteiger partial charge in [-0.3, -0.25) is 0 Å². The molecule has 1 heterocycles. The van der Waals surface area contributed by atoms with Crippen molar-refractivity contribution in [3.63, 3.8) is 0 Å². The molecule has 0 fully saturated rings. The molecule has 110 valence electrons. The summed E-state index contributed by atoms with van der Waals surface area (Å²) in [6, 6.07) is 10.8. The third kappa shape index (κ3) is 2.89. The maximum absolute atomic E-state index is 13.7. The number of carbonyl (C=O) groups excluding carboxylic acids is 1. The van der Waals surface area contributed by atoms with Gasteiger partial charge in [0.15, 0.2) is 5.70 Å². The molecular formula is C16H8Cl2FNO2. The summed E-state index contributed by atoms with van der Waals surface area (Å²) in [5.74, 6) is -1.22. The molecule has 0 saturated carbocycles. The van der Waals surface area contributed by atoms with Gasteiger partial charge >= 0.3 is 5.97 Å². The fourth-order valence-electron chi connectivity index (χ4n) is 1.92. The molecule has 6 heteroatoms. The Labute approximate surface area is 135 Å². The first-order valence-corrected chi connectivity index (χ1v) is 7.03. The van der Waals surface area contributed by atoms with E-state index in [0.717, 1.165) is 0 Å². The van der Waals surface area contributed by atoms with Crippen LogP contribution in [-0.4, -0.2) is 11.9 Å². The largest absolute Gasteiger partial charge is 0.402 e. The van der Waals surface area contributed by atoms with Gasteiger partial charge in [-0.25, -0.2) is 14.2 Å². The highest BCUT2D eigenvalue weighted by Gasteiger charge is 2.25. The second kappa shape index (κ2) is 5.91. The van der Waals surface area contributed by atoms with Crippen LogP contribution in [0.3, 0.4) is 0 Å². The van der Waals surface area contributed by atoms with Crippen molar-refractivity contribution >= 4 is 41.1 Å². The smallest absolute Gasteiger partial charge is 0.363 e. The molecule has 0 unspecified atom stereocenters. The number of carbonyl (C=O) groups is 1. The van der Waals surface area contributed by atoms with E-state index in [2.05, 4.69) is 4.99 Å². The van der Waals surface area contributed by atoms with Crippen LogP contribution >= 0.6 is 23.2 Å². The standard InChI is InChI=1S/C16H8Cl2FNO2/c17-11-6-5-9(7-12(11)18)8-14-16(21)22-15(20-14)10-3-1-2-4-13(10)19/h1-8H/b14-8-. The number of aliphatic imine (C=N–C) groups is 1. The zero-order valence-electron chi connectivity index (χ0n) is 11.0. The lowest BCUT2D eigenvalue weighted by Gasteiger charge is -1.99. The van der Waals surface area contributed by atoms with Gasteiger partial charge in [0, 0.05) is 0 Å². The van der Waals surface area contributed by atoms with Crippen molar-refractivity contribution in [2.24, 2.45) is 4.99 Å². The van der Waals surface area contributed by atoms with Gasteiger partial charge < -0.3 is 4.74 Å². The molecule has 0 aliphatic carbocycles. The van der Waals surface area contributed by atoms with Gasteiger partial charge in [0.2, 0.25) is 5.90 Å². The topological polar surface area (TPSA) is 38.7 Å². The molecule has 2 aromatic carbocycles. The maximum Gasteiger partial charge on any atom is 0.363 e. The van der Waals surface area contributed by atoms with Gasteiger partial charge in [-0.2, -0.15) is 0 Å². The monoisotopic (exact) mass is 335 g/mol. The van der Waals surface area contributed by atoms with Crippen LogP contribution in [0.1, 0.15) is 11.1 Å². The number of rotatable bonds is 2. The molecule has 0 N–H and O–H groups in total. The number of halogens is 3. The molecule has 0 bridgehead atoms. The van der Waals surface area contributed by atoms with E-state index < -0.39 is 11.8 Å². The van der Waals surface area contributed by atoms with Crippen LogP contribution in [0.5, 0.6) is 0 Å². The predicted octanol–water partition coefficient (Wildman–Crippen LogP) is 4.48. The van der Waals surface area contributed by atoms with Crippen molar-refractivity contribution in [1.29, 1.82) is 0 Å². The van der Waals surface area contributed by atoms with Gasteiger partial charge in [-0.05, 0) is 35.9 Å². The van der Waals surface area contributed by atoms with Crippen LogP contribution in [0, 0.1) is 5.82 Å². The second-order valence-corrected chi connectivity index (χ2v) is 5.30. The van der Waals surface area contributed by atoms with Crippen molar-refractivity contribution < 1.29 is 13.9 Å². The van der Waals surface area contributed by atoms with Crippen LogP contribution in [-0.2, 0) is 9.53 Å². The number of esters is 1. The molecule has 0 radical (unpaired) electrons. The van der Waals surface area contributed by atoms with Gasteiger partial charge in [-0.15, -0.1) is 0 Å². The van der Waals surface area contributed by atoms with Crippen LogP contribution < -0.4 is 0 Å². The Morgan fingerprint density at radius 1 is 1.09 bits per heavy atom. The van der Waals surface area contributed by atoms with Crippen molar-refractivity contribution in [3.05, 3.63) is 75.2 Å². The Balaban J connectivity index is 1.98. The number of nitrogens with zero attached hydrogens (tertiary/aromatic N) is 1. The van der Waals surface area contributed by atoms with Crippen LogP contribution in [0.15, 0.2) is 53.2 Å². The Morgan fingerprint density at radius 2 is 1.86 bits per heavy atom. The lowest BCUT2D eigenvalue weighted by Crippen LogP contribution is -2.07. The van der Waals surface area contributed by atoms with Crippen LogP contribution in [0.4, 0.5) is 4.39 Å². The first-order chi connectivity index (χ1) is 10.5. The van der Waals surface area contributed by atoms with Crippen LogP contribution in [0.2, 0.25) is 10.0 Å². The average molecular weight is 336 g/mol. The first-order valence-electron chi connectivity index (χ1n) is 6.27. The highest BCUT2D eigenvalue weighted by molar-refractivity contribution is 6.42. The minimum absolute atomic E-state index is 0.0607. The number of hydrogen-bond donors (Lipinski definition) is 0. The molecule has 22 heavy (non-hydrogen) atoms. The second-order valence-electron chi connectivity index (χ2n) is 4.49. The molecule has 2 aromatic rings.